The van der Waals surface area contributed by atoms with Crippen molar-refractivity contribution in [3.8, 4) is 6.07 Å². The fourth-order valence-electron chi connectivity index (χ4n) is 4.82. The number of pyridine rings is 1. The third kappa shape index (κ3) is 3.88. The summed E-state index contributed by atoms with van der Waals surface area (Å²) in [5.74, 6) is 1.60. The van der Waals surface area contributed by atoms with Gasteiger partial charge in [-0.2, -0.15) is 5.26 Å². The number of amides is 1. The quantitative estimate of drug-likeness (QED) is 0.718. The smallest absolute Gasteiger partial charge is 0.257 e. The summed E-state index contributed by atoms with van der Waals surface area (Å²) in [6, 6.07) is 4.16. The summed E-state index contributed by atoms with van der Waals surface area (Å²) in [6.07, 6.45) is 2.24. The molecule has 0 aliphatic carbocycles. The summed E-state index contributed by atoms with van der Waals surface area (Å²) in [7, 11) is 0. The van der Waals surface area contributed by atoms with Crippen molar-refractivity contribution < 1.29 is 13.9 Å². The van der Waals surface area contributed by atoms with E-state index in [1.54, 1.807) is 12.3 Å². The molecule has 0 radical (unpaired) electrons. The Labute approximate surface area is 190 Å². The van der Waals surface area contributed by atoms with Crippen molar-refractivity contribution in [2.24, 2.45) is 0 Å². The molecule has 4 rings (SSSR count). The van der Waals surface area contributed by atoms with Crippen LogP contribution in [-0.2, 0) is 17.8 Å². The summed E-state index contributed by atoms with van der Waals surface area (Å²) in [6.45, 7) is 14.6. The molecule has 32 heavy (non-hydrogen) atoms. The number of ether oxygens (including phenoxy) is 1. The van der Waals surface area contributed by atoms with E-state index in [0.29, 0.717) is 49.5 Å². The van der Waals surface area contributed by atoms with E-state index in [0.717, 1.165) is 22.6 Å². The molecule has 7 nitrogen and oxygen atoms in total. The first-order valence-electron chi connectivity index (χ1n) is 11.3. The molecule has 0 saturated carbocycles. The second-order valence-electron chi connectivity index (χ2n) is 9.83. The largest absolute Gasteiger partial charge is 0.469 e. The number of nitrogens with zero attached hydrogens (tertiary/aromatic N) is 4. The van der Waals surface area contributed by atoms with Crippen LogP contribution in [0.5, 0.6) is 0 Å². The number of fused-ring (bicyclic) bond motifs is 1. The Morgan fingerprint density at radius 1 is 1.31 bits per heavy atom. The zero-order valence-electron chi connectivity index (χ0n) is 19.9. The van der Waals surface area contributed by atoms with Crippen LogP contribution in [0.3, 0.4) is 0 Å². The van der Waals surface area contributed by atoms with Gasteiger partial charge < -0.3 is 19.0 Å². The molecule has 0 N–H and O–H groups in total. The highest BCUT2D eigenvalue weighted by Gasteiger charge is 2.36. The van der Waals surface area contributed by atoms with Gasteiger partial charge in [0.2, 0.25) is 0 Å². The molecule has 2 aromatic rings. The number of nitriles is 1. The van der Waals surface area contributed by atoms with Crippen LogP contribution in [0.2, 0.25) is 0 Å². The second kappa shape index (κ2) is 8.25. The van der Waals surface area contributed by atoms with Gasteiger partial charge in [0.1, 0.15) is 17.6 Å². The van der Waals surface area contributed by atoms with Crippen molar-refractivity contribution in [1.82, 2.24) is 9.88 Å². The molecule has 0 aromatic carbocycles. The zero-order chi connectivity index (χ0) is 23.2. The number of aryl methyl sites for hydroxylation is 1. The predicted molar refractivity (Wildman–Crippen MR) is 122 cm³/mol. The number of rotatable bonds is 3. The lowest BCUT2D eigenvalue weighted by molar-refractivity contribution is -0.0408. The van der Waals surface area contributed by atoms with Crippen LogP contribution in [0.1, 0.15) is 79.0 Å². The molecule has 2 aliphatic heterocycles. The van der Waals surface area contributed by atoms with Gasteiger partial charge in [0.05, 0.1) is 35.3 Å². The fourth-order valence-corrected chi connectivity index (χ4v) is 4.82. The van der Waals surface area contributed by atoms with Crippen molar-refractivity contribution in [3.05, 3.63) is 46.0 Å². The predicted octanol–water partition coefficient (Wildman–Crippen LogP) is 4.18. The number of furan rings is 1. The zero-order valence-corrected chi connectivity index (χ0v) is 19.9. The lowest BCUT2D eigenvalue weighted by Crippen LogP contribution is -2.54. The maximum absolute atomic E-state index is 13.0. The van der Waals surface area contributed by atoms with Gasteiger partial charge in [-0.25, -0.2) is 4.98 Å². The van der Waals surface area contributed by atoms with Gasteiger partial charge in [0.25, 0.3) is 5.91 Å². The number of anilines is 1. The van der Waals surface area contributed by atoms with Crippen LogP contribution in [-0.4, -0.2) is 47.1 Å². The van der Waals surface area contributed by atoms with E-state index < -0.39 is 0 Å². The lowest BCUT2D eigenvalue weighted by Gasteiger charge is -2.42. The molecular formula is C25H32N4O3. The maximum Gasteiger partial charge on any atom is 0.257 e. The van der Waals surface area contributed by atoms with Gasteiger partial charge in [-0.05, 0) is 45.2 Å². The molecule has 1 saturated heterocycles. The van der Waals surface area contributed by atoms with E-state index in [9.17, 15) is 10.1 Å². The van der Waals surface area contributed by atoms with Crippen LogP contribution in [0.15, 0.2) is 16.7 Å². The first-order valence-corrected chi connectivity index (χ1v) is 11.3. The average Bonchev–Trinajstić information content (AvgIpc) is 3.17. The molecule has 0 bridgehead atoms. The first-order chi connectivity index (χ1) is 15.1. The average molecular weight is 437 g/mol. The van der Waals surface area contributed by atoms with Crippen molar-refractivity contribution in [3.63, 3.8) is 0 Å². The summed E-state index contributed by atoms with van der Waals surface area (Å²) in [4.78, 5) is 22.1. The van der Waals surface area contributed by atoms with E-state index in [1.165, 1.54) is 0 Å². The molecule has 1 unspecified atom stereocenters. The highest BCUT2D eigenvalue weighted by atomic mass is 16.5. The van der Waals surface area contributed by atoms with Gasteiger partial charge in [-0.1, -0.05) is 13.8 Å². The Kier molecular flexibility index (Phi) is 5.76. The monoisotopic (exact) mass is 436 g/mol. The third-order valence-corrected chi connectivity index (χ3v) is 6.57. The van der Waals surface area contributed by atoms with Crippen LogP contribution < -0.4 is 4.90 Å². The molecule has 4 heterocycles. The van der Waals surface area contributed by atoms with Gasteiger partial charge in [0.15, 0.2) is 0 Å². The summed E-state index contributed by atoms with van der Waals surface area (Å²) in [5.41, 5.74) is 4.09. The normalized spacial score (nSPS) is 20.2. The van der Waals surface area contributed by atoms with Crippen LogP contribution in [0.4, 0.5) is 5.82 Å². The molecule has 7 heteroatoms. The van der Waals surface area contributed by atoms with E-state index in [4.69, 9.17) is 14.1 Å². The minimum atomic E-state index is -0.313. The van der Waals surface area contributed by atoms with Gasteiger partial charge in [0, 0.05) is 37.7 Å². The molecule has 1 fully saturated rings. The minimum absolute atomic E-state index is 0.0101. The SMILES string of the molecule is Cc1occc1C(=O)N1CCN(c2nc(C(C)C)c3c(c2C#N)CC(C)(C)OC3)CC1C. The number of piperazine rings is 1. The van der Waals surface area contributed by atoms with Gasteiger partial charge >= 0.3 is 0 Å². The molecule has 170 valence electrons. The Morgan fingerprint density at radius 3 is 2.66 bits per heavy atom. The van der Waals surface area contributed by atoms with Crippen molar-refractivity contribution in [2.45, 2.75) is 72.1 Å². The molecular weight excluding hydrogens is 404 g/mol. The highest BCUT2D eigenvalue weighted by Crippen LogP contribution is 2.38. The van der Waals surface area contributed by atoms with E-state index in [-0.39, 0.29) is 23.5 Å². The Balaban J connectivity index is 1.67. The fraction of sp³-hybridized carbons (Fsp3) is 0.560. The number of hydrogen-bond donors (Lipinski definition) is 0. The second-order valence-corrected chi connectivity index (χ2v) is 9.83. The van der Waals surface area contributed by atoms with Gasteiger partial charge in [-0.3, -0.25) is 4.79 Å². The van der Waals surface area contributed by atoms with Gasteiger partial charge in [-0.15, -0.1) is 0 Å². The van der Waals surface area contributed by atoms with Crippen LogP contribution >= 0.6 is 0 Å². The first kappa shape index (κ1) is 22.3. The minimum Gasteiger partial charge on any atom is -0.469 e. The molecule has 0 spiro atoms. The summed E-state index contributed by atoms with van der Waals surface area (Å²) < 4.78 is 11.4. The topological polar surface area (TPSA) is 82.6 Å². The van der Waals surface area contributed by atoms with E-state index >= 15 is 0 Å². The number of aromatic nitrogens is 1. The summed E-state index contributed by atoms with van der Waals surface area (Å²) >= 11 is 0. The van der Waals surface area contributed by atoms with Crippen molar-refractivity contribution in [1.29, 1.82) is 5.26 Å². The Hall–Kier alpha value is -2.85. The Bertz CT molecular complexity index is 1080. The third-order valence-electron chi connectivity index (χ3n) is 6.57. The maximum atomic E-state index is 13.0. The van der Waals surface area contributed by atoms with Crippen molar-refractivity contribution >= 4 is 11.7 Å². The number of carbonyl (C=O) groups is 1. The number of carbonyl (C=O) groups excluding carboxylic acids is 1. The number of hydrogen-bond acceptors (Lipinski definition) is 6. The van der Waals surface area contributed by atoms with Crippen LogP contribution in [0, 0.1) is 18.3 Å². The molecule has 2 aliphatic rings. The van der Waals surface area contributed by atoms with Crippen molar-refractivity contribution in [2.75, 3.05) is 24.5 Å². The van der Waals surface area contributed by atoms with E-state index in [2.05, 4.69) is 38.7 Å². The Morgan fingerprint density at radius 2 is 2.06 bits per heavy atom. The summed E-state index contributed by atoms with van der Waals surface area (Å²) in [5, 5.41) is 10.1. The van der Waals surface area contributed by atoms with E-state index in [1.807, 2.05) is 18.7 Å². The molecule has 1 atom stereocenters. The lowest BCUT2D eigenvalue weighted by atomic mass is 9.86. The standard InChI is InChI=1S/C25H32N4O3/c1-15(2)22-21-14-32-25(5,6)11-19(21)20(12-26)23(27-22)28-8-9-29(16(3)13-28)24(30)18-7-10-31-17(18)4/h7,10,15-16H,8-9,11,13-14H2,1-6H3. The van der Waals surface area contributed by atoms with Crippen LogP contribution in [0.25, 0.3) is 0 Å². The molecule has 1 amide bonds. The molecule has 2 aromatic heterocycles. The highest BCUT2D eigenvalue weighted by molar-refractivity contribution is 5.95.